The third-order valence-corrected chi connectivity index (χ3v) is 4.57. The number of guanidine groups is 1. The minimum absolute atomic E-state index is 0.0886. The lowest BCUT2D eigenvalue weighted by Gasteiger charge is -2.11. The number of H-pyrrole nitrogens is 1. The molecule has 0 bridgehead atoms. The van der Waals surface area contributed by atoms with E-state index in [1.54, 1.807) is 0 Å². The van der Waals surface area contributed by atoms with Gasteiger partial charge in [0.15, 0.2) is 5.96 Å². The standard InChI is InChI=1S/C22H34N4O2/c1-3-23-22(24-15-10-6-5-7-13-21(27)28-4-2)25-16-14-18-17-26-20-12-9-8-11-19(18)20/h8-9,11-12,17,26H,3-7,10,13-16H2,1-2H3,(H2,23,24,25). The maximum absolute atomic E-state index is 11.3. The molecule has 0 unspecified atom stereocenters. The van der Waals surface area contributed by atoms with Crippen LogP contribution in [0.3, 0.4) is 0 Å². The molecule has 28 heavy (non-hydrogen) atoms. The Morgan fingerprint density at radius 1 is 1.11 bits per heavy atom. The molecule has 3 N–H and O–H groups in total. The highest BCUT2D eigenvalue weighted by atomic mass is 16.5. The second kappa shape index (κ2) is 12.8. The van der Waals surface area contributed by atoms with Gasteiger partial charge in [0, 0.05) is 43.2 Å². The van der Waals surface area contributed by atoms with Crippen LogP contribution in [0.25, 0.3) is 10.9 Å². The van der Waals surface area contributed by atoms with Crippen LogP contribution in [0.1, 0.15) is 51.5 Å². The highest BCUT2D eigenvalue weighted by Gasteiger charge is 2.04. The van der Waals surface area contributed by atoms with Gasteiger partial charge >= 0.3 is 5.97 Å². The van der Waals surface area contributed by atoms with Gasteiger partial charge in [0.25, 0.3) is 0 Å². The molecule has 6 nitrogen and oxygen atoms in total. The number of aliphatic imine (C=N–C) groups is 1. The van der Waals surface area contributed by atoms with Crippen molar-refractivity contribution < 1.29 is 9.53 Å². The summed E-state index contributed by atoms with van der Waals surface area (Å²) in [4.78, 5) is 19.3. The minimum Gasteiger partial charge on any atom is -0.466 e. The van der Waals surface area contributed by atoms with Gasteiger partial charge in [-0.05, 0) is 44.7 Å². The van der Waals surface area contributed by atoms with Crippen molar-refractivity contribution in [3.05, 3.63) is 36.0 Å². The fraction of sp³-hybridized carbons (Fsp3) is 0.545. The van der Waals surface area contributed by atoms with Crippen LogP contribution in [-0.4, -0.2) is 43.2 Å². The molecule has 1 heterocycles. The van der Waals surface area contributed by atoms with Gasteiger partial charge in [-0.2, -0.15) is 0 Å². The van der Waals surface area contributed by atoms with Crippen LogP contribution in [-0.2, 0) is 16.0 Å². The van der Waals surface area contributed by atoms with E-state index in [2.05, 4.69) is 51.9 Å². The Kier molecular flexibility index (Phi) is 9.97. The van der Waals surface area contributed by atoms with Gasteiger partial charge in [0.2, 0.25) is 0 Å². The maximum Gasteiger partial charge on any atom is 0.305 e. The number of nitrogens with zero attached hydrogens (tertiary/aromatic N) is 1. The lowest BCUT2D eigenvalue weighted by Crippen LogP contribution is -2.38. The molecule has 6 heteroatoms. The predicted octanol–water partition coefficient (Wildman–Crippen LogP) is 3.78. The number of esters is 1. The SMILES string of the molecule is CCNC(=NCCCCCCC(=O)OCC)NCCc1c[nH]c2ccccc12. The first kappa shape index (κ1) is 21.8. The van der Waals surface area contributed by atoms with Crippen molar-refractivity contribution in [2.24, 2.45) is 4.99 Å². The zero-order chi connectivity index (χ0) is 20.0. The second-order valence-electron chi connectivity index (χ2n) is 6.77. The molecule has 0 saturated heterocycles. The third-order valence-electron chi connectivity index (χ3n) is 4.57. The molecule has 2 aromatic rings. The van der Waals surface area contributed by atoms with E-state index in [9.17, 15) is 4.79 Å². The van der Waals surface area contributed by atoms with Gasteiger partial charge in [-0.1, -0.05) is 31.0 Å². The number of aromatic nitrogens is 1. The summed E-state index contributed by atoms with van der Waals surface area (Å²) in [6.45, 7) is 6.86. The fourth-order valence-corrected chi connectivity index (χ4v) is 3.15. The van der Waals surface area contributed by atoms with Crippen LogP contribution in [0, 0.1) is 0 Å². The number of ether oxygens (including phenoxy) is 1. The van der Waals surface area contributed by atoms with Crippen LogP contribution in [0.2, 0.25) is 0 Å². The number of carbonyl (C=O) groups excluding carboxylic acids is 1. The average Bonchev–Trinajstić information content (AvgIpc) is 3.10. The highest BCUT2D eigenvalue weighted by molar-refractivity contribution is 5.83. The van der Waals surface area contributed by atoms with Crippen LogP contribution in [0.4, 0.5) is 0 Å². The minimum atomic E-state index is -0.0886. The van der Waals surface area contributed by atoms with E-state index in [4.69, 9.17) is 4.74 Å². The zero-order valence-electron chi connectivity index (χ0n) is 17.2. The average molecular weight is 387 g/mol. The number of para-hydroxylation sites is 1. The molecule has 1 aromatic carbocycles. The number of rotatable bonds is 12. The molecule has 0 aliphatic heterocycles. The first-order valence-electron chi connectivity index (χ1n) is 10.5. The molecular weight excluding hydrogens is 352 g/mol. The van der Waals surface area contributed by atoms with E-state index in [1.165, 1.54) is 16.5 Å². The van der Waals surface area contributed by atoms with E-state index in [1.807, 2.05) is 13.0 Å². The molecular formula is C22H34N4O2. The lowest BCUT2D eigenvalue weighted by molar-refractivity contribution is -0.143. The molecule has 0 radical (unpaired) electrons. The lowest BCUT2D eigenvalue weighted by atomic mass is 10.1. The Morgan fingerprint density at radius 2 is 1.93 bits per heavy atom. The number of hydrogen-bond donors (Lipinski definition) is 3. The van der Waals surface area contributed by atoms with Gasteiger partial charge in [-0.25, -0.2) is 0 Å². The summed E-state index contributed by atoms with van der Waals surface area (Å²) in [7, 11) is 0. The predicted molar refractivity (Wildman–Crippen MR) is 116 cm³/mol. The summed E-state index contributed by atoms with van der Waals surface area (Å²) in [6.07, 6.45) is 7.61. The molecule has 154 valence electrons. The Labute approximate surface area is 168 Å². The summed E-state index contributed by atoms with van der Waals surface area (Å²) >= 11 is 0. The Hall–Kier alpha value is -2.50. The second-order valence-corrected chi connectivity index (χ2v) is 6.77. The molecule has 2 rings (SSSR count). The number of nitrogens with one attached hydrogen (secondary N) is 3. The van der Waals surface area contributed by atoms with Crippen molar-refractivity contribution in [1.29, 1.82) is 0 Å². The molecule has 0 atom stereocenters. The van der Waals surface area contributed by atoms with Crippen molar-refractivity contribution in [3.8, 4) is 0 Å². The molecule has 0 fully saturated rings. The Bertz CT molecular complexity index is 739. The first-order chi connectivity index (χ1) is 13.7. The summed E-state index contributed by atoms with van der Waals surface area (Å²) < 4.78 is 4.94. The third kappa shape index (κ3) is 7.62. The monoisotopic (exact) mass is 386 g/mol. The number of benzene rings is 1. The van der Waals surface area contributed by atoms with Crippen molar-refractivity contribution >= 4 is 22.8 Å². The molecule has 0 spiro atoms. The number of unbranched alkanes of at least 4 members (excludes halogenated alkanes) is 3. The highest BCUT2D eigenvalue weighted by Crippen LogP contribution is 2.17. The van der Waals surface area contributed by atoms with Gasteiger partial charge < -0.3 is 20.4 Å². The van der Waals surface area contributed by atoms with E-state index >= 15 is 0 Å². The van der Waals surface area contributed by atoms with Crippen molar-refractivity contribution in [2.75, 3.05) is 26.2 Å². The number of fused-ring (bicyclic) bond motifs is 1. The summed E-state index contributed by atoms with van der Waals surface area (Å²) in [5, 5.41) is 8.01. The summed E-state index contributed by atoms with van der Waals surface area (Å²) in [5.41, 5.74) is 2.50. The van der Waals surface area contributed by atoms with Gasteiger partial charge in [-0.15, -0.1) is 0 Å². The van der Waals surface area contributed by atoms with Crippen LogP contribution in [0.15, 0.2) is 35.5 Å². The van der Waals surface area contributed by atoms with Gasteiger partial charge in [0.1, 0.15) is 0 Å². The number of aromatic amines is 1. The summed E-state index contributed by atoms with van der Waals surface area (Å²) in [6, 6.07) is 8.38. The molecule has 0 amide bonds. The molecule has 0 saturated carbocycles. The first-order valence-corrected chi connectivity index (χ1v) is 10.5. The summed E-state index contributed by atoms with van der Waals surface area (Å²) in [5.74, 6) is 0.781. The number of carbonyl (C=O) groups is 1. The van der Waals surface area contributed by atoms with E-state index < -0.39 is 0 Å². The van der Waals surface area contributed by atoms with Gasteiger partial charge in [0.05, 0.1) is 6.61 Å². The normalized spacial score (nSPS) is 11.6. The van der Waals surface area contributed by atoms with E-state index in [0.29, 0.717) is 13.0 Å². The fourth-order valence-electron chi connectivity index (χ4n) is 3.15. The molecule has 1 aromatic heterocycles. The largest absolute Gasteiger partial charge is 0.466 e. The Morgan fingerprint density at radius 3 is 2.75 bits per heavy atom. The molecule has 0 aliphatic rings. The Balaban J connectivity index is 1.65. The van der Waals surface area contributed by atoms with Crippen molar-refractivity contribution in [2.45, 2.75) is 52.4 Å². The van der Waals surface area contributed by atoms with Gasteiger partial charge in [-0.3, -0.25) is 9.79 Å². The smallest absolute Gasteiger partial charge is 0.305 e. The van der Waals surface area contributed by atoms with Crippen molar-refractivity contribution in [1.82, 2.24) is 15.6 Å². The van der Waals surface area contributed by atoms with Crippen LogP contribution in [0.5, 0.6) is 0 Å². The van der Waals surface area contributed by atoms with E-state index in [-0.39, 0.29) is 5.97 Å². The number of hydrogen-bond acceptors (Lipinski definition) is 3. The maximum atomic E-state index is 11.3. The van der Waals surface area contributed by atoms with E-state index in [0.717, 1.165) is 57.7 Å². The zero-order valence-corrected chi connectivity index (χ0v) is 17.2. The van der Waals surface area contributed by atoms with Crippen LogP contribution < -0.4 is 10.6 Å². The van der Waals surface area contributed by atoms with Crippen LogP contribution >= 0.6 is 0 Å². The molecule has 0 aliphatic carbocycles. The van der Waals surface area contributed by atoms with Crippen molar-refractivity contribution in [3.63, 3.8) is 0 Å². The quantitative estimate of drug-likeness (QED) is 0.224. The topological polar surface area (TPSA) is 78.5 Å².